The Morgan fingerprint density at radius 1 is 1.38 bits per heavy atom. The van der Waals surface area contributed by atoms with Crippen molar-refractivity contribution in [3.8, 4) is 0 Å². The molecule has 0 spiro atoms. The normalized spacial score (nSPS) is 12.7. The van der Waals surface area contributed by atoms with Crippen LogP contribution in [0.5, 0.6) is 0 Å². The molecule has 2 rings (SSSR count). The topological polar surface area (TPSA) is 38.0 Å². The Hall–Kier alpha value is -0.430. The van der Waals surface area contributed by atoms with E-state index in [1.807, 2.05) is 12.1 Å². The highest BCUT2D eigenvalue weighted by atomic mass is 127. The molecule has 0 bridgehead atoms. The van der Waals surface area contributed by atoms with Crippen molar-refractivity contribution in [3.05, 3.63) is 55.3 Å². The van der Waals surface area contributed by atoms with Gasteiger partial charge in [-0.2, -0.15) is 0 Å². The Morgan fingerprint density at radius 3 is 2.69 bits per heavy atom. The van der Waals surface area contributed by atoms with Crippen molar-refractivity contribution < 1.29 is 0 Å². The number of halogens is 1. The van der Waals surface area contributed by atoms with E-state index >= 15 is 0 Å². The Bertz CT molecular complexity index is 481. The van der Waals surface area contributed by atoms with Crippen LogP contribution in [0.3, 0.4) is 0 Å². The third kappa shape index (κ3) is 2.45. The molecule has 1 unspecified atom stereocenters. The fraction of sp³-hybridized carbons (Fsp3) is 0.167. The van der Waals surface area contributed by atoms with Crippen molar-refractivity contribution in [1.82, 2.24) is 5.43 Å². The van der Waals surface area contributed by atoms with Crippen LogP contribution in [-0.4, -0.2) is 0 Å². The van der Waals surface area contributed by atoms with E-state index in [2.05, 4.69) is 58.5 Å². The van der Waals surface area contributed by atoms with Crippen LogP contribution in [0.4, 0.5) is 0 Å². The van der Waals surface area contributed by atoms with Gasteiger partial charge in [-0.05, 0) is 57.7 Å². The SMILES string of the molecule is Cc1ccccc1C(NN)c1csc(I)c1. The third-order valence-electron chi connectivity index (χ3n) is 2.59. The van der Waals surface area contributed by atoms with Gasteiger partial charge < -0.3 is 0 Å². The summed E-state index contributed by atoms with van der Waals surface area (Å²) in [5, 5.41) is 2.15. The summed E-state index contributed by atoms with van der Waals surface area (Å²) in [4.78, 5) is 0. The zero-order valence-electron chi connectivity index (χ0n) is 8.91. The lowest BCUT2D eigenvalue weighted by Crippen LogP contribution is -2.29. The van der Waals surface area contributed by atoms with E-state index in [4.69, 9.17) is 5.84 Å². The van der Waals surface area contributed by atoms with Crippen molar-refractivity contribution >= 4 is 33.9 Å². The summed E-state index contributed by atoms with van der Waals surface area (Å²) in [5.74, 6) is 5.67. The number of thiophene rings is 1. The summed E-state index contributed by atoms with van der Waals surface area (Å²) in [6, 6.07) is 10.6. The smallest absolute Gasteiger partial charge is 0.0721 e. The molecule has 0 saturated carbocycles. The highest BCUT2D eigenvalue weighted by molar-refractivity contribution is 14.1. The first-order chi connectivity index (χ1) is 7.72. The number of rotatable bonds is 3. The lowest BCUT2D eigenvalue weighted by molar-refractivity contribution is 0.635. The molecule has 1 heterocycles. The van der Waals surface area contributed by atoms with E-state index in [0.29, 0.717) is 0 Å². The van der Waals surface area contributed by atoms with Crippen molar-refractivity contribution in [2.75, 3.05) is 0 Å². The maximum absolute atomic E-state index is 5.67. The Labute approximate surface area is 113 Å². The van der Waals surface area contributed by atoms with Crippen LogP contribution in [0, 0.1) is 9.81 Å². The molecule has 1 atom stereocenters. The molecule has 0 saturated heterocycles. The van der Waals surface area contributed by atoms with Crippen LogP contribution >= 0.6 is 33.9 Å². The first kappa shape index (κ1) is 12.0. The molecular weight excluding hydrogens is 331 g/mol. The van der Waals surface area contributed by atoms with Gasteiger partial charge in [0.05, 0.1) is 8.93 Å². The van der Waals surface area contributed by atoms with Crippen molar-refractivity contribution in [2.24, 2.45) is 5.84 Å². The molecule has 0 radical (unpaired) electrons. The Morgan fingerprint density at radius 2 is 2.12 bits per heavy atom. The lowest BCUT2D eigenvalue weighted by Gasteiger charge is -2.17. The first-order valence-corrected chi connectivity index (χ1v) is 6.94. The largest absolute Gasteiger partial charge is 0.271 e. The van der Waals surface area contributed by atoms with E-state index in [0.717, 1.165) is 0 Å². The number of aryl methyl sites for hydroxylation is 1. The molecule has 1 aromatic heterocycles. The monoisotopic (exact) mass is 344 g/mol. The van der Waals surface area contributed by atoms with Crippen LogP contribution in [0.1, 0.15) is 22.7 Å². The Kier molecular flexibility index (Phi) is 3.96. The molecule has 1 aromatic carbocycles. The molecular formula is C12H13IN2S. The molecule has 0 aliphatic heterocycles. The second-order valence-electron chi connectivity index (χ2n) is 3.64. The fourth-order valence-corrected chi connectivity index (χ4v) is 3.15. The molecule has 2 aromatic rings. The van der Waals surface area contributed by atoms with Gasteiger partial charge >= 0.3 is 0 Å². The number of nitrogens with one attached hydrogen (secondary N) is 1. The van der Waals surface area contributed by atoms with E-state index in [9.17, 15) is 0 Å². The highest BCUT2D eigenvalue weighted by Crippen LogP contribution is 2.28. The summed E-state index contributed by atoms with van der Waals surface area (Å²) < 4.78 is 1.28. The highest BCUT2D eigenvalue weighted by Gasteiger charge is 2.15. The van der Waals surface area contributed by atoms with Gasteiger partial charge in [0.15, 0.2) is 0 Å². The van der Waals surface area contributed by atoms with Gasteiger partial charge in [-0.15, -0.1) is 11.3 Å². The fourth-order valence-electron chi connectivity index (χ4n) is 1.75. The van der Waals surface area contributed by atoms with Crippen molar-refractivity contribution in [3.63, 3.8) is 0 Å². The zero-order valence-corrected chi connectivity index (χ0v) is 11.9. The molecule has 84 valence electrons. The second kappa shape index (κ2) is 5.27. The maximum Gasteiger partial charge on any atom is 0.0721 e. The third-order valence-corrected chi connectivity index (χ3v) is 4.39. The standard InChI is InChI=1S/C12H13IN2S/c1-8-4-2-3-5-10(8)12(15-14)9-6-11(13)16-7-9/h2-7,12,15H,14H2,1H3. The summed E-state index contributed by atoms with van der Waals surface area (Å²) in [7, 11) is 0. The number of benzene rings is 1. The predicted molar refractivity (Wildman–Crippen MR) is 77.4 cm³/mol. The van der Waals surface area contributed by atoms with E-state index < -0.39 is 0 Å². The molecule has 2 nitrogen and oxygen atoms in total. The average molecular weight is 344 g/mol. The van der Waals surface area contributed by atoms with E-state index in [1.165, 1.54) is 19.6 Å². The van der Waals surface area contributed by atoms with Crippen LogP contribution in [0.25, 0.3) is 0 Å². The molecule has 3 N–H and O–H groups in total. The van der Waals surface area contributed by atoms with Gasteiger partial charge in [-0.1, -0.05) is 24.3 Å². The Balaban J connectivity index is 2.40. The van der Waals surface area contributed by atoms with E-state index in [1.54, 1.807) is 11.3 Å². The molecule has 0 amide bonds. The van der Waals surface area contributed by atoms with Gasteiger partial charge in [-0.3, -0.25) is 5.84 Å². The molecule has 0 fully saturated rings. The number of hydrazine groups is 1. The lowest BCUT2D eigenvalue weighted by atomic mass is 9.98. The minimum absolute atomic E-state index is 0.0842. The predicted octanol–water partition coefficient (Wildman–Crippen LogP) is 3.21. The van der Waals surface area contributed by atoms with Gasteiger partial charge in [-0.25, -0.2) is 5.43 Å². The molecule has 0 aliphatic rings. The van der Waals surface area contributed by atoms with Gasteiger partial charge in [0.2, 0.25) is 0 Å². The minimum Gasteiger partial charge on any atom is -0.271 e. The van der Waals surface area contributed by atoms with Crippen LogP contribution < -0.4 is 11.3 Å². The molecule has 4 heteroatoms. The summed E-state index contributed by atoms with van der Waals surface area (Å²) >= 11 is 4.07. The number of nitrogens with two attached hydrogens (primary N) is 1. The minimum atomic E-state index is 0.0842. The molecule has 16 heavy (non-hydrogen) atoms. The van der Waals surface area contributed by atoms with Crippen LogP contribution in [-0.2, 0) is 0 Å². The average Bonchev–Trinajstić information content (AvgIpc) is 2.69. The van der Waals surface area contributed by atoms with Gasteiger partial charge in [0.25, 0.3) is 0 Å². The van der Waals surface area contributed by atoms with Crippen LogP contribution in [0.2, 0.25) is 0 Å². The van der Waals surface area contributed by atoms with Crippen LogP contribution in [0.15, 0.2) is 35.7 Å². The van der Waals surface area contributed by atoms with E-state index in [-0.39, 0.29) is 6.04 Å². The van der Waals surface area contributed by atoms with Crippen molar-refractivity contribution in [2.45, 2.75) is 13.0 Å². The van der Waals surface area contributed by atoms with Gasteiger partial charge in [0, 0.05) is 0 Å². The summed E-state index contributed by atoms with van der Waals surface area (Å²) in [6.07, 6.45) is 0. The first-order valence-electron chi connectivity index (χ1n) is 4.98. The number of hydrogen-bond donors (Lipinski definition) is 2. The summed E-state index contributed by atoms with van der Waals surface area (Å²) in [5.41, 5.74) is 6.61. The maximum atomic E-state index is 5.67. The zero-order chi connectivity index (χ0) is 11.5. The van der Waals surface area contributed by atoms with Crippen molar-refractivity contribution in [1.29, 1.82) is 0 Å². The quantitative estimate of drug-likeness (QED) is 0.510. The number of hydrogen-bond acceptors (Lipinski definition) is 3. The molecule has 0 aliphatic carbocycles. The summed E-state index contributed by atoms with van der Waals surface area (Å²) in [6.45, 7) is 2.11. The second-order valence-corrected chi connectivity index (χ2v) is 6.45. The van der Waals surface area contributed by atoms with Gasteiger partial charge in [0.1, 0.15) is 0 Å².